The normalized spacial score (nSPS) is 10.8. The van der Waals surface area contributed by atoms with Gasteiger partial charge in [-0.05, 0) is 42.1 Å². The third-order valence-electron chi connectivity index (χ3n) is 3.10. The monoisotopic (exact) mass is 277 g/mol. The summed E-state index contributed by atoms with van der Waals surface area (Å²) in [5.41, 5.74) is 1.85. The van der Waals surface area contributed by atoms with Gasteiger partial charge in [0, 0.05) is 17.0 Å². The molecule has 0 aliphatic heterocycles. The molecule has 3 heteroatoms. The van der Waals surface area contributed by atoms with Gasteiger partial charge < -0.3 is 5.32 Å². The van der Waals surface area contributed by atoms with Crippen molar-refractivity contribution in [2.75, 3.05) is 6.54 Å². The van der Waals surface area contributed by atoms with Crippen LogP contribution in [0, 0.1) is 5.82 Å². The van der Waals surface area contributed by atoms with Crippen LogP contribution in [0.25, 0.3) is 10.4 Å². The lowest BCUT2D eigenvalue weighted by Gasteiger charge is -2.07. The Labute approximate surface area is 118 Å². The molecule has 0 aliphatic rings. The third kappa shape index (κ3) is 4.15. The summed E-state index contributed by atoms with van der Waals surface area (Å²) in [7, 11) is 0. The predicted octanol–water partition coefficient (Wildman–Crippen LogP) is 4.83. The van der Waals surface area contributed by atoms with Crippen LogP contribution in [0.1, 0.15) is 31.7 Å². The van der Waals surface area contributed by atoms with Crippen molar-refractivity contribution < 1.29 is 4.39 Å². The minimum absolute atomic E-state index is 0.141. The molecule has 1 aromatic carbocycles. The van der Waals surface area contributed by atoms with E-state index in [0.717, 1.165) is 23.5 Å². The van der Waals surface area contributed by atoms with Gasteiger partial charge in [0.2, 0.25) is 0 Å². The topological polar surface area (TPSA) is 12.0 Å². The van der Waals surface area contributed by atoms with Crippen molar-refractivity contribution in [3.8, 4) is 10.4 Å². The fourth-order valence-electron chi connectivity index (χ4n) is 2.04. The molecule has 0 unspecified atom stereocenters. The van der Waals surface area contributed by atoms with Gasteiger partial charge in [0.1, 0.15) is 5.82 Å². The van der Waals surface area contributed by atoms with E-state index in [1.54, 1.807) is 17.4 Å². The van der Waals surface area contributed by atoms with Gasteiger partial charge in [0.15, 0.2) is 0 Å². The maximum Gasteiger partial charge on any atom is 0.131 e. The van der Waals surface area contributed by atoms with Gasteiger partial charge in [0.05, 0.1) is 0 Å². The second-order valence-corrected chi connectivity index (χ2v) is 5.62. The molecular weight excluding hydrogens is 257 g/mol. The highest BCUT2D eigenvalue weighted by Crippen LogP contribution is 2.28. The quantitative estimate of drug-likeness (QED) is 0.714. The predicted molar refractivity (Wildman–Crippen MR) is 80.9 cm³/mol. The van der Waals surface area contributed by atoms with E-state index in [4.69, 9.17) is 0 Å². The highest BCUT2D eigenvalue weighted by Gasteiger charge is 2.06. The summed E-state index contributed by atoms with van der Waals surface area (Å²) in [6.45, 7) is 4.04. The molecule has 102 valence electrons. The van der Waals surface area contributed by atoms with E-state index in [9.17, 15) is 4.39 Å². The minimum atomic E-state index is -0.141. The summed E-state index contributed by atoms with van der Waals surface area (Å²) in [6.07, 6.45) is 3.70. The molecule has 0 bridgehead atoms. The van der Waals surface area contributed by atoms with Crippen LogP contribution in [0.4, 0.5) is 4.39 Å². The molecule has 2 aromatic rings. The molecule has 1 aromatic heterocycles. The fourth-order valence-corrected chi connectivity index (χ4v) is 2.78. The van der Waals surface area contributed by atoms with Crippen molar-refractivity contribution in [3.63, 3.8) is 0 Å². The molecule has 0 atom stereocenters. The summed E-state index contributed by atoms with van der Waals surface area (Å²) in [4.78, 5) is 0.991. The maximum atomic E-state index is 13.8. The molecule has 0 radical (unpaired) electrons. The number of hydrogen-bond acceptors (Lipinski definition) is 2. The van der Waals surface area contributed by atoms with Crippen molar-refractivity contribution >= 4 is 11.3 Å². The summed E-state index contributed by atoms with van der Waals surface area (Å²) >= 11 is 1.57. The van der Waals surface area contributed by atoms with Crippen LogP contribution >= 0.6 is 11.3 Å². The number of benzene rings is 1. The van der Waals surface area contributed by atoms with Crippen LogP contribution in [-0.4, -0.2) is 6.54 Å². The van der Waals surface area contributed by atoms with Crippen molar-refractivity contribution in [3.05, 3.63) is 47.1 Å². The van der Waals surface area contributed by atoms with Gasteiger partial charge in [-0.2, -0.15) is 0 Å². The minimum Gasteiger partial charge on any atom is -0.313 e. The fraction of sp³-hybridized carbons (Fsp3) is 0.375. The summed E-state index contributed by atoms with van der Waals surface area (Å²) in [5, 5.41) is 5.39. The van der Waals surface area contributed by atoms with E-state index in [2.05, 4.69) is 12.2 Å². The third-order valence-corrected chi connectivity index (χ3v) is 4.01. The number of nitrogens with one attached hydrogen (secondary N) is 1. The Morgan fingerprint density at radius 2 is 2.11 bits per heavy atom. The second-order valence-electron chi connectivity index (χ2n) is 4.68. The van der Waals surface area contributed by atoms with E-state index in [1.807, 2.05) is 29.6 Å². The SMILES string of the molecule is CCCCCNCc1ccc(F)c(-c2cccs2)c1. The maximum absolute atomic E-state index is 13.8. The smallest absolute Gasteiger partial charge is 0.131 e. The van der Waals surface area contributed by atoms with Gasteiger partial charge in [-0.15, -0.1) is 11.3 Å². The largest absolute Gasteiger partial charge is 0.313 e. The lowest BCUT2D eigenvalue weighted by molar-refractivity contribution is 0.612. The van der Waals surface area contributed by atoms with E-state index < -0.39 is 0 Å². The Morgan fingerprint density at radius 1 is 1.21 bits per heavy atom. The molecule has 0 saturated carbocycles. The molecule has 0 fully saturated rings. The molecule has 0 saturated heterocycles. The van der Waals surface area contributed by atoms with Crippen molar-refractivity contribution in [1.82, 2.24) is 5.32 Å². The zero-order valence-electron chi connectivity index (χ0n) is 11.3. The Kier molecular flexibility index (Phi) is 5.55. The molecule has 0 amide bonds. The van der Waals surface area contributed by atoms with Gasteiger partial charge in [-0.3, -0.25) is 0 Å². The van der Waals surface area contributed by atoms with Crippen molar-refractivity contribution in [2.24, 2.45) is 0 Å². The lowest BCUT2D eigenvalue weighted by atomic mass is 10.1. The lowest BCUT2D eigenvalue weighted by Crippen LogP contribution is -2.14. The van der Waals surface area contributed by atoms with Gasteiger partial charge >= 0.3 is 0 Å². The molecule has 2 rings (SSSR count). The second kappa shape index (κ2) is 7.41. The molecule has 1 nitrogen and oxygen atoms in total. The number of hydrogen-bond donors (Lipinski definition) is 1. The Balaban J connectivity index is 1.97. The Bertz CT molecular complexity index is 493. The van der Waals surface area contributed by atoms with Crippen LogP contribution in [0.5, 0.6) is 0 Å². The highest BCUT2D eigenvalue weighted by molar-refractivity contribution is 7.13. The van der Waals surface area contributed by atoms with Gasteiger partial charge in [-0.1, -0.05) is 31.9 Å². The average molecular weight is 277 g/mol. The van der Waals surface area contributed by atoms with Crippen LogP contribution < -0.4 is 5.32 Å². The molecular formula is C16H20FNS. The average Bonchev–Trinajstić information content (AvgIpc) is 2.94. The highest BCUT2D eigenvalue weighted by atomic mass is 32.1. The molecule has 0 aliphatic carbocycles. The summed E-state index contributed by atoms with van der Waals surface area (Å²) in [6, 6.07) is 9.29. The standard InChI is InChI=1S/C16H20FNS/c1-2-3-4-9-18-12-13-7-8-15(17)14(11-13)16-6-5-10-19-16/h5-8,10-11,18H,2-4,9,12H2,1H3. The molecule has 1 N–H and O–H groups in total. The van der Waals surface area contributed by atoms with E-state index in [-0.39, 0.29) is 5.82 Å². The first-order valence-corrected chi connectivity index (χ1v) is 7.72. The van der Waals surface area contributed by atoms with E-state index >= 15 is 0 Å². The van der Waals surface area contributed by atoms with Crippen LogP contribution in [0.15, 0.2) is 35.7 Å². The summed E-state index contributed by atoms with van der Waals surface area (Å²) < 4.78 is 13.8. The van der Waals surface area contributed by atoms with Gasteiger partial charge in [0.25, 0.3) is 0 Å². The van der Waals surface area contributed by atoms with E-state index in [1.165, 1.54) is 19.3 Å². The molecule has 19 heavy (non-hydrogen) atoms. The molecule has 1 heterocycles. The number of halogens is 1. The first kappa shape index (κ1) is 14.2. The van der Waals surface area contributed by atoms with Crippen LogP contribution in [-0.2, 0) is 6.54 Å². The van der Waals surface area contributed by atoms with Crippen LogP contribution in [0.2, 0.25) is 0 Å². The molecule has 0 spiro atoms. The Morgan fingerprint density at radius 3 is 2.84 bits per heavy atom. The number of unbranched alkanes of at least 4 members (excludes halogenated alkanes) is 2. The summed E-state index contributed by atoms with van der Waals surface area (Å²) in [5.74, 6) is -0.141. The zero-order valence-corrected chi connectivity index (χ0v) is 12.1. The van der Waals surface area contributed by atoms with Gasteiger partial charge in [-0.25, -0.2) is 4.39 Å². The van der Waals surface area contributed by atoms with E-state index in [0.29, 0.717) is 5.56 Å². The number of thiophene rings is 1. The zero-order chi connectivity index (χ0) is 13.5. The van der Waals surface area contributed by atoms with Crippen molar-refractivity contribution in [1.29, 1.82) is 0 Å². The van der Waals surface area contributed by atoms with Crippen LogP contribution in [0.3, 0.4) is 0 Å². The van der Waals surface area contributed by atoms with Crippen molar-refractivity contribution in [2.45, 2.75) is 32.7 Å². The number of rotatable bonds is 7. The first-order valence-electron chi connectivity index (χ1n) is 6.84. The Hall–Kier alpha value is -1.19. The first-order chi connectivity index (χ1) is 9.31.